The van der Waals surface area contributed by atoms with E-state index in [9.17, 15) is 0 Å². The van der Waals surface area contributed by atoms with E-state index in [1.54, 1.807) is 18.1 Å². The molecule has 0 amide bonds. The van der Waals surface area contributed by atoms with Crippen molar-refractivity contribution in [3.63, 3.8) is 0 Å². The summed E-state index contributed by atoms with van der Waals surface area (Å²) in [7, 11) is 3.68. The second-order valence-corrected chi connectivity index (χ2v) is 6.28. The van der Waals surface area contributed by atoms with Crippen molar-refractivity contribution >= 4 is 29.9 Å². The van der Waals surface area contributed by atoms with Crippen molar-refractivity contribution in [2.75, 3.05) is 26.7 Å². The van der Waals surface area contributed by atoms with Gasteiger partial charge >= 0.3 is 0 Å². The average Bonchev–Trinajstić information content (AvgIpc) is 3.31. The molecule has 1 aliphatic rings. The molecule has 7 nitrogen and oxygen atoms in total. The molecule has 26 heavy (non-hydrogen) atoms. The fourth-order valence-electron chi connectivity index (χ4n) is 3.24. The maximum absolute atomic E-state index is 4.33. The largest absolute Gasteiger partial charge is 0.354 e. The van der Waals surface area contributed by atoms with Crippen LogP contribution in [0.3, 0.4) is 0 Å². The topological polar surface area (TPSA) is 70.4 Å². The summed E-state index contributed by atoms with van der Waals surface area (Å²) in [4.78, 5) is 11.1. The van der Waals surface area contributed by atoms with Gasteiger partial charge in [0, 0.05) is 20.6 Å². The lowest BCUT2D eigenvalue weighted by Gasteiger charge is -2.28. The third-order valence-corrected chi connectivity index (χ3v) is 4.67. The van der Waals surface area contributed by atoms with E-state index in [0.29, 0.717) is 12.6 Å². The molecule has 1 fully saturated rings. The van der Waals surface area contributed by atoms with E-state index < -0.39 is 0 Å². The molecule has 1 unspecified atom stereocenters. The summed E-state index contributed by atoms with van der Waals surface area (Å²) < 4.78 is 1.76. The van der Waals surface area contributed by atoms with Crippen molar-refractivity contribution < 1.29 is 0 Å². The number of aromatic nitrogens is 3. The van der Waals surface area contributed by atoms with Gasteiger partial charge in [-0.2, -0.15) is 5.10 Å². The van der Waals surface area contributed by atoms with E-state index in [2.05, 4.69) is 60.9 Å². The Labute approximate surface area is 172 Å². The zero-order valence-corrected chi connectivity index (χ0v) is 17.8. The molecular weight excluding hydrogens is 441 g/mol. The van der Waals surface area contributed by atoms with Gasteiger partial charge < -0.3 is 10.6 Å². The second kappa shape index (κ2) is 10.5. The van der Waals surface area contributed by atoms with Crippen LogP contribution in [0, 0.1) is 0 Å². The summed E-state index contributed by atoms with van der Waals surface area (Å²) in [5, 5.41) is 10.9. The Kier molecular flexibility index (Phi) is 8.30. The van der Waals surface area contributed by atoms with Crippen molar-refractivity contribution in [3.05, 3.63) is 48.0 Å². The van der Waals surface area contributed by atoms with Gasteiger partial charge in [0.1, 0.15) is 12.2 Å². The highest BCUT2D eigenvalue weighted by atomic mass is 127. The number of hydrogen-bond acceptors (Lipinski definition) is 4. The van der Waals surface area contributed by atoms with Gasteiger partial charge in [-0.05, 0) is 31.5 Å². The first kappa shape index (κ1) is 20.6. The Balaban J connectivity index is 0.00000243. The smallest absolute Gasteiger partial charge is 0.191 e. The van der Waals surface area contributed by atoms with Gasteiger partial charge in [-0.15, -0.1) is 24.0 Å². The third kappa shape index (κ3) is 5.41. The first-order chi connectivity index (χ1) is 12.3. The highest BCUT2D eigenvalue weighted by Crippen LogP contribution is 2.24. The van der Waals surface area contributed by atoms with Crippen LogP contribution in [0.15, 0.2) is 41.7 Å². The first-order valence-corrected chi connectivity index (χ1v) is 8.84. The summed E-state index contributed by atoms with van der Waals surface area (Å²) in [5.41, 5.74) is 1.35. The second-order valence-electron chi connectivity index (χ2n) is 6.28. The minimum atomic E-state index is 0. The van der Waals surface area contributed by atoms with Crippen LogP contribution in [-0.4, -0.2) is 52.3 Å². The molecule has 0 aliphatic carbocycles. The zero-order chi connectivity index (χ0) is 17.5. The van der Waals surface area contributed by atoms with Crippen LogP contribution in [-0.2, 0) is 13.6 Å². The lowest BCUT2D eigenvalue weighted by Crippen LogP contribution is -2.42. The van der Waals surface area contributed by atoms with Crippen molar-refractivity contribution in [1.29, 1.82) is 0 Å². The quantitative estimate of drug-likeness (QED) is 0.385. The monoisotopic (exact) mass is 469 g/mol. The van der Waals surface area contributed by atoms with Gasteiger partial charge in [0.05, 0.1) is 12.6 Å². The maximum Gasteiger partial charge on any atom is 0.191 e. The number of aryl methyl sites for hydroxylation is 1. The molecule has 142 valence electrons. The first-order valence-electron chi connectivity index (χ1n) is 8.84. The lowest BCUT2D eigenvalue weighted by molar-refractivity contribution is 0.245. The highest BCUT2D eigenvalue weighted by Gasteiger charge is 2.23. The molecule has 1 atom stereocenters. The Hall–Kier alpha value is -1.68. The third-order valence-electron chi connectivity index (χ3n) is 4.67. The summed E-state index contributed by atoms with van der Waals surface area (Å²) >= 11 is 0. The number of nitrogens with one attached hydrogen (secondary N) is 2. The van der Waals surface area contributed by atoms with Gasteiger partial charge in [0.2, 0.25) is 0 Å². The molecular formula is C18H28IN7. The lowest BCUT2D eigenvalue weighted by atomic mass is 10.1. The Morgan fingerprint density at radius 1 is 1.19 bits per heavy atom. The Bertz CT molecular complexity index is 680. The van der Waals surface area contributed by atoms with E-state index in [0.717, 1.165) is 31.4 Å². The molecule has 1 aromatic heterocycles. The maximum atomic E-state index is 4.33. The number of rotatable bonds is 6. The molecule has 3 rings (SSSR count). The fourth-order valence-corrected chi connectivity index (χ4v) is 3.24. The molecule has 0 bridgehead atoms. The van der Waals surface area contributed by atoms with E-state index in [1.165, 1.54) is 18.4 Å². The molecule has 1 aliphatic heterocycles. The van der Waals surface area contributed by atoms with Crippen LogP contribution >= 0.6 is 24.0 Å². The summed E-state index contributed by atoms with van der Waals surface area (Å²) in [6.07, 6.45) is 4.12. The number of hydrogen-bond donors (Lipinski definition) is 2. The van der Waals surface area contributed by atoms with Gasteiger partial charge in [0.15, 0.2) is 5.96 Å². The number of guanidine groups is 1. The van der Waals surface area contributed by atoms with Crippen LogP contribution in [0.2, 0.25) is 0 Å². The summed E-state index contributed by atoms with van der Waals surface area (Å²) in [6.45, 7) is 3.73. The minimum Gasteiger partial charge on any atom is -0.354 e. The van der Waals surface area contributed by atoms with E-state index in [1.807, 2.05) is 7.05 Å². The number of aliphatic imine (C=N–C) groups is 1. The Morgan fingerprint density at radius 2 is 1.92 bits per heavy atom. The molecule has 1 aromatic carbocycles. The van der Waals surface area contributed by atoms with Gasteiger partial charge in [-0.1, -0.05) is 30.3 Å². The van der Waals surface area contributed by atoms with Crippen molar-refractivity contribution in [1.82, 2.24) is 30.3 Å². The zero-order valence-electron chi connectivity index (χ0n) is 15.4. The molecule has 2 heterocycles. The molecule has 2 aromatic rings. The summed E-state index contributed by atoms with van der Waals surface area (Å²) in [5.74, 6) is 1.66. The van der Waals surface area contributed by atoms with Crippen molar-refractivity contribution in [2.24, 2.45) is 12.0 Å². The molecule has 8 heteroatoms. The number of likely N-dealkylation sites (tertiary alicyclic amines) is 1. The number of halogens is 1. The van der Waals surface area contributed by atoms with Crippen LogP contribution < -0.4 is 10.6 Å². The Morgan fingerprint density at radius 3 is 2.54 bits per heavy atom. The molecule has 1 saturated heterocycles. The number of benzene rings is 1. The highest BCUT2D eigenvalue weighted by molar-refractivity contribution is 14.0. The summed E-state index contributed by atoms with van der Waals surface area (Å²) in [6, 6.07) is 11.1. The SMILES string of the molecule is CN=C(NCc1ncnn1C)NCC(c1ccccc1)N1CCCC1.I. The minimum absolute atomic E-state index is 0. The fraction of sp³-hybridized carbons (Fsp3) is 0.500. The average molecular weight is 469 g/mol. The van der Waals surface area contributed by atoms with E-state index >= 15 is 0 Å². The van der Waals surface area contributed by atoms with Crippen LogP contribution in [0.5, 0.6) is 0 Å². The van der Waals surface area contributed by atoms with Crippen molar-refractivity contribution in [3.8, 4) is 0 Å². The normalized spacial score (nSPS) is 16.2. The predicted octanol–water partition coefficient (Wildman–Crippen LogP) is 1.94. The molecule has 0 spiro atoms. The standard InChI is InChI=1S/C18H27N7.HI/c1-19-18(21-13-17-22-14-23-24(17)2)20-12-16(25-10-6-7-11-25)15-8-4-3-5-9-15;/h3-5,8-9,14,16H,6-7,10-13H2,1-2H3,(H2,19,20,21);1H. The molecule has 2 N–H and O–H groups in total. The number of nitrogens with zero attached hydrogens (tertiary/aromatic N) is 5. The van der Waals surface area contributed by atoms with Crippen molar-refractivity contribution in [2.45, 2.75) is 25.4 Å². The van der Waals surface area contributed by atoms with Gasteiger partial charge in [0.25, 0.3) is 0 Å². The predicted molar refractivity (Wildman–Crippen MR) is 115 cm³/mol. The van der Waals surface area contributed by atoms with Crippen LogP contribution in [0.1, 0.15) is 30.3 Å². The molecule has 0 saturated carbocycles. The van der Waals surface area contributed by atoms with E-state index in [-0.39, 0.29) is 24.0 Å². The van der Waals surface area contributed by atoms with Gasteiger partial charge in [-0.25, -0.2) is 4.98 Å². The molecule has 0 radical (unpaired) electrons. The van der Waals surface area contributed by atoms with E-state index in [4.69, 9.17) is 0 Å². The van der Waals surface area contributed by atoms with Crippen LogP contribution in [0.25, 0.3) is 0 Å². The van der Waals surface area contributed by atoms with Gasteiger partial charge in [-0.3, -0.25) is 14.6 Å². The van der Waals surface area contributed by atoms with Crippen LogP contribution in [0.4, 0.5) is 0 Å².